The minimum atomic E-state index is -0.859. The monoisotopic (exact) mass is 240 g/mol. The third kappa shape index (κ3) is 3.82. The molecule has 0 saturated heterocycles. The molecule has 0 amide bonds. The SMILES string of the molecule is CC(=CC(=O)O)CN(C)CC1(N(C)C)CCC1. The van der Waals surface area contributed by atoms with Gasteiger partial charge in [-0.3, -0.25) is 0 Å². The first-order valence-electron chi connectivity index (χ1n) is 6.12. The number of nitrogens with zero attached hydrogens (tertiary/aromatic N) is 2. The summed E-state index contributed by atoms with van der Waals surface area (Å²) in [6, 6.07) is 0. The largest absolute Gasteiger partial charge is 0.478 e. The van der Waals surface area contributed by atoms with E-state index in [2.05, 4.69) is 30.9 Å². The van der Waals surface area contributed by atoms with Crippen LogP contribution in [0.4, 0.5) is 0 Å². The number of carbonyl (C=O) groups is 1. The van der Waals surface area contributed by atoms with Crippen molar-refractivity contribution in [3.05, 3.63) is 11.6 Å². The topological polar surface area (TPSA) is 43.8 Å². The highest BCUT2D eigenvalue weighted by molar-refractivity contribution is 5.80. The van der Waals surface area contributed by atoms with Crippen LogP contribution in [-0.4, -0.2) is 60.6 Å². The summed E-state index contributed by atoms with van der Waals surface area (Å²) < 4.78 is 0. The molecule has 17 heavy (non-hydrogen) atoms. The first-order valence-corrected chi connectivity index (χ1v) is 6.12. The highest BCUT2D eigenvalue weighted by Crippen LogP contribution is 2.36. The van der Waals surface area contributed by atoms with Crippen molar-refractivity contribution < 1.29 is 9.90 Å². The van der Waals surface area contributed by atoms with Gasteiger partial charge in [0.05, 0.1) is 0 Å². The van der Waals surface area contributed by atoms with Gasteiger partial charge in [0.2, 0.25) is 0 Å². The van der Waals surface area contributed by atoms with E-state index in [-0.39, 0.29) is 0 Å². The molecule has 0 aromatic carbocycles. The maximum Gasteiger partial charge on any atom is 0.328 e. The molecule has 1 aliphatic carbocycles. The first-order chi connectivity index (χ1) is 7.85. The lowest BCUT2D eigenvalue weighted by Crippen LogP contribution is -2.56. The summed E-state index contributed by atoms with van der Waals surface area (Å²) in [5.74, 6) is -0.859. The molecule has 0 bridgehead atoms. The van der Waals surface area contributed by atoms with E-state index in [4.69, 9.17) is 5.11 Å². The Labute approximate surface area is 104 Å². The van der Waals surface area contributed by atoms with E-state index >= 15 is 0 Å². The lowest BCUT2D eigenvalue weighted by Gasteiger charge is -2.49. The summed E-state index contributed by atoms with van der Waals surface area (Å²) in [5.41, 5.74) is 1.20. The number of hydrogen-bond acceptors (Lipinski definition) is 3. The van der Waals surface area contributed by atoms with Crippen molar-refractivity contribution in [3.63, 3.8) is 0 Å². The van der Waals surface area contributed by atoms with Crippen molar-refractivity contribution in [3.8, 4) is 0 Å². The Kier molecular flexibility index (Phi) is 4.71. The molecule has 1 rings (SSSR count). The first kappa shape index (κ1) is 14.2. The number of hydrogen-bond donors (Lipinski definition) is 1. The second-order valence-electron chi connectivity index (χ2n) is 5.47. The highest BCUT2D eigenvalue weighted by atomic mass is 16.4. The number of carboxylic acids is 1. The number of likely N-dealkylation sites (N-methyl/N-ethyl adjacent to an activating group) is 2. The van der Waals surface area contributed by atoms with Crippen LogP contribution in [0.1, 0.15) is 26.2 Å². The van der Waals surface area contributed by atoms with Crippen molar-refractivity contribution in [2.75, 3.05) is 34.2 Å². The average Bonchev–Trinajstić information content (AvgIpc) is 2.08. The fraction of sp³-hybridized carbons (Fsp3) is 0.769. The number of aliphatic carboxylic acids is 1. The van der Waals surface area contributed by atoms with Gasteiger partial charge in [0, 0.05) is 24.7 Å². The van der Waals surface area contributed by atoms with E-state index in [9.17, 15) is 4.79 Å². The van der Waals surface area contributed by atoms with Gasteiger partial charge in [0.15, 0.2) is 0 Å². The quantitative estimate of drug-likeness (QED) is 0.713. The molecular formula is C13H24N2O2. The van der Waals surface area contributed by atoms with Crippen molar-refractivity contribution in [2.45, 2.75) is 31.7 Å². The van der Waals surface area contributed by atoms with Gasteiger partial charge in [0.25, 0.3) is 0 Å². The predicted octanol–water partition coefficient (Wildman–Crippen LogP) is 1.43. The molecule has 0 radical (unpaired) electrons. The van der Waals surface area contributed by atoms with E-state index in [1.807, 2.05) is 6.92 Å². The van der Waals surface area contributed by atoms with E-state index < -0.39 is 5.97 Å². The van der Waals surface area contributed by atoms with Gasteiger partial charge in [-0.05, 0) is 47.3 Å². The molecule has 1 fully saturated rings. The Balaban J connectivity index is 2.49. The van der Waals surface area contributed by atoms with Gasteiger partial charge in [-0.25, -0.2) is 4.79 Å². The van der Waals surface area contributed by atoms with Crippen LogP contribution < -0.4 is 0 Å². The minimum absolute atomic E-state index is 0.304. The molecule has 1 N–H and O–H groups in total. The van der Waals surface area contributed by atoms with Gasteiger partial charge in [-0.2, -0.15) is 0 Å². The number of carboxylic acid groups (broad SMARTS) is 1. The van der Waals surface area contributed by atoms with Gasteiger partial charge in [-0.1, -0.05) is 5.57 Å². The Morgan fingerprint density at radius 1 is 1.35 bits per heavy atom. The average molecular weight is 240 g/mol. The van der Waals surface area contributed by atoms with Crippen molar-refractivity contribution in [1.29, 1.82) is 0 Å². The van der Waals surface area contributed by atoms with Crippen LogP contribution in [-0.2, 0) is 4.79 Å². The molecule has 0 aliphatic heterocycles. The summed E-state index contributed by atoms with van der Waals surface area (Å²) in [6.45, 7) is 3.60. The molecule has 98 valence electrons. The molecule has 0 aromatic heterocycles. The Morgan fingerprint density at radius 2 is 1.94 bits per heavy atom. The smallest absolute Gasteiger partial charge is 0.328 e. The third-order valence-electron chi connectivity index (χ3n) is 3.69. The minimum Gasteiger partial charge on any atom is -0.478 e. The summed E-state index contributed by atoms with van der Waals surface area (Å²) in [4.78, 5) is 15.1. The summed E-state index contributed by atoms with van der Waals surface area (Å²) >= 11 is 0. The maximum absolute atomic E-state index is 10.5. The van der Waals surface area contributed by atoms with Gasteiger partial charge in [0.1, 0.15) is 0 Å². The van der Waals surface area contributed by atoms with Crippen molar-refractivity contribution in [2.24, 2.45) is 0 Å². The van der Waals surface area contributed by atoms with Crippen LogP contribution in [0, 0.1) is 0 Å². The van der Waals surface area contributed by atoms with Crippen LogP contribution >= 0.6 is 0 Å². The predicted molar refractivity (Wildman–Crippen MR) is 69.2 cm³/mol. The molecular weight excluding hydrogens is 216 g/mol. The molecule has 1 aliphatic rings. The standard InChI is InChI=1S/C13H24N2O2/c1-11(8-12(16)17)9-15(4)10-13(14(2)3)6-5-7-13/h8H,5-7,9-10H2,1-4H3,(H,16,17). The lowest BCUT2D eigenvalue weighted by atomic mass is 9.75. The fourth-order valence-corrected chi connectivity index (χ4v) is 2.57. The summed E-state index contributed by atoms with van der Waals surface area (Å²) in [7, 11) is 6.32. The Morgan fingerprint density at radius 3 is 2.29 bits per heavy atom. The van der Waals surface area contributed by atoms with Gasteiger partial charge < -0.3 is 14.9 Å². The summed E-state index contributed by atoms with van der Waals surface area (Å²) in [6.07, 6.45) is 5.08. The van der Waals surface area contributed by atoms with E-state index in [0.717, 1.165) is 18.7 Å². The zero-order valence-electron chi connectivity index (χ0n) is 11.4. The molecule has 1 saturated carbocycles. The highest BCUT2D eigenvalue weighted by Gasteiger charge is 2.39. The van der Waals surface area contributed by atoms with E-state index in [1.54, 1.807) is 0 Å². The molecule has 0 spiro atoms. The zero-order valence-corrected chi connectivity index (χ0v) is 11.4. The van der Waals surface area contributed by atoms with Crippen LogP contribution in [0.25, 0.3) is 0 Å². The molecule has 4 nitrogen and oxygen atoms in total. The van der Waals surface area contributed by atoms with Crippen LogP contribution in [0.2, 0.25) is 0 Å². The molecule has 4 heteroatoms. The Hall–Kier alpha value is -0.870. The molecule has 0 heterocycles. The second kappa shape index (κ2) is 5.65. The van der Waals surface area contributed by atoms with Crippen LogP contribution in [0.5, 0.6) is 0 Å². The van der Waals surface area contributed by atoms with E-state index in [1.165, 1.54) is 25.3 Å². The molecule has 0 unspecified atom stereocenters. The zero-order chi connectivity index (χ0) is 13.1. The number of rotatable bonds is 6. The normalized spacial score (nSPS) is 19.5. The van der Waals surface area contributed by atoms with Gasteiger partial charge >= 0.3 is 5.97 Å². The Bertz CT molecular complexity index is 307. The van der Waals surface area contributed by atoms with Crippen LogP contribution in [0.15, 0.2) is 11.6 Å². The van der Waals surface area contributed by atoms with Gasteiger partial charge in [-0.15, -0.1) is 0 Å². The molecule has 0 aromatic rings. The van der Waals surface area contributed by atoms with Crippen LogP contribution in [0.3, 0.4) is 0 Å². The van der Waals surface area contributed by atoms with Crippen molar-refractivity contribution >= 4 is 5.97 Å². The maximum atomic E-state index is 10.5. The van der Waals surface area contributed by atoms with Crippen molar-refractivity contribution in [1.82, 2.24) is 9.80 Å². The van der Waals surface area contributed by atoms with E-state index in [0.29, 0.717) is 5.54 Å². The molecule has 0 atom stereocenters. The fourth-order valence-electron chi connectivity index (χ4n) is 2.57. The third-order valence-corrected chi connectivity index (χ3v) is 3.69. The summed E-state index contributed by atoms with van der Waals surface area (Å²) in [5, 5.41) is 8.67. The second-order valence-corrected chi connectivity index (χ2v) is 5.47. The lowest BCUT2D eigenvalue weighted by molar-refractivity contribution is -0.131.